The van der Waals surface area contributed by atoms with E-state index in [2.05, 4.69) is 32.9 Å². The molecule has 1 amide bonds. The van der Waals surface area contributed by atoms with Crippen LogP contribution in [0, 0.1) is 0 Å². The van der Waals surface area contributed by atoms with Gasteiger partial charge in [0.1, 0.15) is 0 Å². The SMILES string of the molecule is CC1=C(Br)CN([C@H]2CCN(c3cnn(C)c3)C2=O)CC1. The second kappa shape index (κ2) is 5.33. The van der Waals surface area contributed by atoms with Crippen LogP contribution < -0.4 is 4.90 Å². The maximum Gasteiger partial charge on any atom is 0.244 e. The van der Waals surface area contributed by atoms with Gasteiger partial charge < -0.3 is 4.90 Å². The maximum absolute atomic E-state index is 12.6. The quantitative estimate of drug-likeness (QED) is 0.826. The molecular formula is C14H19BrN4O. The number of halogens is 1. The van der Waals surface area contributed by atoms with Crippen LogP contribution in [-0.4, -0.2) is 46.3 Å². The summed E-state index contributed by atoms with van der Waals surface area (Å²) in [5.41, 5.74) is 2.30. The molecule has 1 aromatic rings. The summed E-state index contributed by atoms with van der Waals surface area (Å²) in [6.07, 6.45) is 5.59. The highest BCUT2D eigenvalue weighted by molar-refractivity contribution is 9.11. The molecule has 3 rings (SSSR count). The van der Waals surface area contributed by atoms with Gasteiger partial charge in [-0.3, -0.25) is 14.4 Å². The molecule has 2 aliphatic rings. The van der Waals surface area contributed by atoms with Gasteiger partial charge in [0.25, 0.3) is 0 Å². The molecule has 108 valence electrons. The van der Waals surface area contributed by atoms with E-state index in [0.29, 0.717) is 0 Å². The van der Waals surface area contributed by atoms with Crippen molar-refractivity contribution in [2.45, 2.75) is 25.8 Å². The molecule has 0 unspecified atom stereocenters. The highest BCUT2D eigenvalue weighted by Gasteiger charge is 2.37. The molecule has 0 aromatic carbocycles. The second-order valence-corrected chi connectivity index (χ2v) is 6.53. The summed E-state index contributed by atoms with van der Waals surface area (Å²) in [4.78, 5) is 16.8. The van der Waals surface area contributed by atoms with Crippen LogP contribution in [0.5, 0.6) is 0 Å². The lowest BCUT2D eigenvalue weighted by Gasteiger charge is -2.31. The number of nitrogens with zero attached hydrogens (tertiary/aromatic N) is 4. The molecule has 1 aromatic heterocycles. The number of hydrogen-bond donors (Lipinski definition) is 0. The largest absolute Gasteiger partial charge is 0.308 e. The normalized spacial score (nSPS) is 24.9. The standard InChI is InChI=1S/C14H19BrN4O/c1-10-3-5-18(9-12(10)15)13-4-6-19(14(13)20)11-7-16-17(2)8-11/h7-8,13H,3-6,9H2,1-2H3/t13-/m0/s1. The van der Waals surface area contributed by atoms with Crippen molar-refractivity contribution in [3.8, 4) is 0 Å². The van der Waals surface area contributed by atoms with Crippen molar-refractivity contribution in [2.24, 2.45) is 7.05 Å². The average molecular weight is 339 g/mol. The number of carbonyl (C=O) groups excluding carboxylic acids is 1. The Morgan fingerprint density at radius 2 is 2.20 bits per heavy atom. The first kappa shape index (κ1) is 13.8. The lowest BCUT2D eigenvalue weighted by atomic mass is 10.1. The summed E-state index contributed by atoms with van der Waals surface area (Å²) in [7, 11) is 1.87. The summed E-state index contributed by atoms with van der Waals surface area (Å²) >= 11 is 3.62. The Kier molecular flexibility index (Phi) is 3.69. The topological polar surface area (TPSA) is 41.4 Å². The van der Waals surface area contributed by atoms with Gasteiger partial charge in [-0.1, -0.05) is 21.5 Å². The van der Waals surface area contributed by atoms with Gasteiger partial charge in [0.2, 0.25) is 5.91 Å². The molecule has 6 heteroatoms. The van der Waals surface area contributed by atoms with Crippen LogP contribution in [0.2, 0.25) is 0 Å². The predicted molar refractivity (Wildman–Crippen MR) is 81.8 cm³/mol. The zero-order chi connectivity index (χ0) is 14.3. The fourth-order valence-corrected chi connectivity index (χ4v) is 3.43. The van der Waals surface area contributed by atoms with Crippen LogP contribution in [0.3, 0.4) is 0 Å². The molecule has 0 saturated carbocycles. The highest BCUT2D eigenvalue weighted by atomic mass is 79.9. The zero-order valence-corrected chi connectivity index (χ0v) is 13.4. The molecule has 20 heavy (non-hydrogen) atoms. The van der Waals surface area contributed by atoms with Crippen LogP contribution in [-0.2, 0) is 11.8 Å². The van der Waals surface area contributed by atoms with Gasteiger partial charge in [-0.15, -0.1) is 0 Å². The molecule has 1 fully saturated rings. The van der Waals surface area contributed by atoms with E-state index in [0.717, 1.165) is 38.2 Å². The monoisotopic (exact) mass is 338 g/mol. The van der Waals surface area contributed by atoms with Gasteiger partial charge in [-0.2, -0.15) is 5.10 Å². The number of rotatable bonds is 2. The molecule has 0 aliphatic carbocycles. The Morgan fingerprint density at radius 3 is 2.85 bits per heavy atom. The van der Waals surface area contributed by atoms with E-state index >= 15 is 0 Å². The molecule has 0 bridgehead atoms. The lowest BCUT2D eigenvalue weighted by Crippen LogP contribution is -2.44. The number of amides is 1. The molecule has 3 heterocycles. The first-order valence-corrected chi connectivity index (χ1v) is 7.74. The number of anilines is 1. The van der Waals surface area contributed by atoms with Crippen molar-refractivity contribution in [1.29, 1.82) is 0 Å². The van der Waals surface area contributed by atoms with Gasteiger partial charge in [0.15, 0.2) is 0 Å². The molecule has 5 nitrogen and oxygen atoms in total. The van der Waals surface area contributed by atoms with Crippen molar-refractivity contribution in [1.82, 2.24) is 14.7 Å². The molecular weight excluding hydrogens is 320 g/mol. The van der Waals surface area contributed by atoms with E-state index < -0.39 is 0 Å². The Morgan fingerprint density at radius 1 is 1.40 bits per heavy atom. The van der Waals surface area contributed by atoms with Crippen LogP contribution in [0.4, 0.5) is 5.69 Å². The Bertz CT molecular complexity index is 565. The lowest BCUT2D eigenvalue weighted by molar-refractivity contribution is -0.121. The molecule has 2 aliphatic heterocycles. The number of aromatic nitrogens is 2. The fourth-order valence-electron chi connectivity index (χ4n) is 2.91. The van der Waals surface area contributed by atoms with Gasteiger partial charge >= 0.3 is 0 Å². The van der Waals surface area contributed by atoms with Crippen LogP contribution in [0.1, 0.15) is 19.8 Å². The van der Waals surface area contributed by atoms with E-state index in [1.807, 2.05) is 18.1 Å². The third kappa shape index (κ3) is 2.42. The van der Waals surface area contributed by atoms with E-state index in [1.165, 1.54) is 10.1 Å². The first-order valence-electron chi connectivity index (χ1n) is 6.94. The maximum atomic E-state index is 12.6. The van der Waals surface area contributed by atoms with E-state index in [1.54, 1.807) is 10.9 Å². The van der Waals surface area contributed by atoms with Crippen molar-refractivity contribution in [2.75, 3.05) is 24.5 Å². The Hall–Kier alpha value is -1.14. The van der Waals surface area contributed by atoms with Crippen molar-refractivity contribution < 1.29 is 4.79 Å². The minimum Gasteiger partial charge on any atom is -0.308 e. The third-order valence-electron chi connectivity index (χ3n) is 4.20. The Labute approximate surface area is 127 Å². The van der Waals surface area contributed by atoms with Gasteiger partial charge in [0, 0.05) is 37.4 Å². The van der Waals surface area contributed by atoms with Crippen molar-refractivity contribution in [3.63, 3.8) is 0 Å². The smallest absolute Gasteiger partial charge is 0.244 e. The summed E-state index contributed by atoms with van der Waals surface area (Å²) in [5.74, 6) is 0.206. The highest BCUT2D eigenvalue weighted by Crippen LogP contribution is 2.29. The van der Waals surface area contributed by atoms with Gasteiger partial charge in [-0.05, 0) is 19.8 Å². The van der Waals surface area contributed by atoms with Crippen LogP contribution in [0.15, 0.2) is 22.4 Å². The fraction of sp³-hybridized carbons (Fsp3) is 0.571. The predicted octanol–water partition coefficient (Wildman–Crippen LogP) is 1.90. The van der Waals surface area contributed by atoms with Crippen molar-refractivity contribution >= 4 is 27.5 Å². The van der Waals surface area contributed by atoms with Crippen molar-refractivity contribution in [3.05, 3.63) is 22.4 Å². The first-order chi connectivity index (χ1) is 9.56. The van der Waals surface area contributed by atoms with E-state index in [9.17, 15) is 4.79 Å². The molecule has 0 radical (unpaired) electrons. The molecule has 1 saturated heterocycles. The van der Waals surface area contributed by atoms with Crippen LogP contribution >= 0.6 is 15.9 Å². The third-order valence-corrected chi connectivity index (χ3v) is 5.13. The van der Waals surface area contributed by atoms with Gasteiger partial charge in [0.05, 0.1) is 17.9 Å². The number of hydrogen-bond acceptors (Lipinski definition) is 3. The number of aryl methyl sites for hydroxylation is 1. The minimum atomic E-state index is 0.0101. The minimum absolute atomic E-state index is 0.0101. The summed E-state index contributed by atoms with van der Waals surface area (Å²) < 4.78 is 2.97. The average Bonchev–Trinajstić information content (AvgIpc) is 2.99. The van der Waals surface area contributed by atoms with E-state index in [4.69, 9.17) is 0 Å². The number of carbonyl (C=O) groups is 1. The second-order valence-electron chi connectivity index (χ2n) is 5.57. The molecule has 0 spiro atoms. The zero-order valence-electron chi connectivity index (χ0n) is 11.8. The summed E-state index contributed by atoms with van der Waals surface area (Å²) in [6, 6.07) is 0.0101. The Balaban J connectivity index is 1.73. The van der Waals surface area contributed by atoms with Crippen LogP contribution in [0.25, 0.3) is 0 Å². The summed E-state index contributed by atoms with van der Waals surface area (Å²) in [6.45, 7) is 4.76. The molecule has 0 N–H and O–H groups in total. The van der Waals surface area contributed by atoms with Gasteiger partial charge in [-0.25, -0.2) is 0 Å². The van der Waals surface area contributed by atoms with E-state index in [-0.39, 0.29) is 11.9 Å². The molecule has 1 atom stereocenters. The summed E-state index contributed by atoms with van der Waals surface area (Å²) in [5, 5.41) is 4.15.